The normalized spacial score (nSPS) is 16.4. The number of nitrogens with one attached hydrogen (secondary N) is 2. The first-order valence-corrected chi connectivity index (χ1v) is 5.71. The van der Waals surface area contributed by atoms with E-state index in [1.54, 1.807) is 0 Å². The molecule has 1 aromatic heterocycles. The summed E-state index contributed by atoms with van der Waals surface area (Å²) in [6.45, 7) is 2.35. The number of nitrogens with zero attached hydrogens (tertiary/aromatic N) is 1. The van der Waals surface area contributed by atoms with Crippen LogP contribution in [0.3, 0.4) is 0 Å². The van der Waals surface area contributed by atoms with E-state index in [0.29, 0.717) is 4.77 Å². The molecule has 0 unspecified atom stereocenters. The Morgan fingerprint density at radius 2 is 1.80 bits per heavy atom. The summed E-state index contributed by atoms with van der Waals surface area (Å²) in [5.41, 5.74) is 3.48. The maximum absolute atomic E-state index is 5.07. The number of H-pyrrole nitrogens is 2. The number of hydrogen-bond donors (Lipinski definition) is 2. The molecule has 0 atom stereocenters. The lowest BCUT2D eigenvalue weighted by Gasteiger charge is -2.17. The Kier molecular flexibility index (Phi) is 2.02. The third-order valence-corrected chi connectivity index (χ3v) is 3.17. The number of aromatic nitrogens is 2. The van der Waals surface area contributed by atoms with Crippen LogP contribution in [0.1, 0.15) is 12.8 Å². The quantitative estimate of drug-likeness (QED) is 0.723. The van der Waals surface area contributed by atoms with Crippen LogP contribution in [0.15, 0.2) is 18.2 Å². The van der Waals surface area contributed by atoms with Gasteiger partial charge in [-0.25, -0.2) is 0 Å². The van der Waals surface area contributed by atoms with Gasteiger partial charge in [0.2, 0.25) is 0 Å². The number of anilines is 1. The smallest absolute Gasteiger partial charge is 0.175 e. The summed E-state index contributed by atoms with van der Waals surface area (Å²) >= 11 is 5.07. The summed E-state index contributed by atoms with van der Waals surface area (Å²) in [4.78, 5) is 8.69. The molecule has 2 aromatic rings. The van der Waals surface area contributed by atoms with E-state index in [1.165, 1.54) is 31.6 Å². The second kappa shape index (κ2) is 3.38. The Bertz CT molecular complexity index is 534. The number of hydrogen-bond acceptors (Lipinski definition) is 2. The number of benzene rings is 1. The van der Waals surface area contributed by atoms with Crippen LogP contribution in [-0.4, -0.2) is 23.1 Å². The van der Waals surface area contributed by atoms with Crippen LogP contribution in [0.4, 0.5) is 5.69 Å². The highest BCUT2D eigenvalue weighted by Crippen LogP contribution is 2.23. The molecule has 1 aromatic carbocycles. The third-order valence-electron chi connectivity index (χ3n) is 2.97. The Hall–Kier alpha value is -1.29. The summed E-state index contributed by atoms with van der Waals surface area (Å²) in [7, 11) is 0. The molecular formula is C11H13N3S. The van der Waals surface area contributed by atoms with E-state index in [-0.39, 0.29) is 0 Å². The topological polar surface area (TPSA) is 34.8 Å². The van der Waals surface area contributed by atoms with Crippen molar-refractivity contribution in [3.8, 4) is 0 Å². The zero-order chi connectivity index (χ0) is 10.3. The molecule has 3 nitrogen and oxygen atoms in total. The summed E-state index contributed by atoms with van der Waals surface area (Å²) in [5, 5.41) is 0. The summed E-state index contributed by atoms with van der Waals surface area (Å²) in [6, 6.07) is 6.43. The number of aromatic amines is 2. The molecule has 0 spiro atoms. The maximum atomic E-state index is 5.07. The highest BCUT2D eigenvalue weighted by atomic mass is 32.1. The molecule has 0 bridgehead atoms. The van der Waals surface area contributed by atoms with Gasteiger partial charge >= 0.3 is 0 Å². The largest absolute Gasteiger partial charge is 0.371 e. The molecule has 1 aliphatic heterocycles. The molecule has 3 rings (SSSR count). The molecule has 4 heteroatoms. The van der Waals surface area contributed by atoms with Crippen molar-refractivity contribution in [2.45, 2.75) is 12.8 Å². The van der Waals surface area contributed by atoms with Gasteiger partial charge in [-0.05, 0) is 43.3 Å². The summed E-state index contributed by atoms with van der Waals surface area (Å²) in [5.74, 6) is 0. The summed E-state index contributed by atoms with van der Waals surface area (Å²) in [6.07, 6.45) is 2.61. The Balaban J connectivity index is 2.08. The van der Waals surface area contributed by atoms with Crippen LogP contribution in [0.5, 0.6) is 0 Å². The van der Waals surface area contributed by atoms with E-state index in [4.69, 9.17) is 12.2 Å². The van der Waals surface area contributed by atoms with Crippen molar-refractivity contribution >= 4 is 28.9 Å². The van der Waals surface area contributed by atoms with Crippen LogP contribution in [0.25, 0.3) is 11.0 Å². The van der Waals surface area contributed by atoms with Crippen LogP contribution >= 0.6 is 12.2 Å². The highest BCUT2D eigenvalue weighted by molar-refractivity contribution is 7.71. The monoisotopic (exact) mass is 219 g/mol. The minimum atomic E-state index is 0.698. The van der Waals surface area contributed by atoms with E-state index in [2.05, 4.69) is 33.1 Å². The molecule has 2 N–H and O–H groups in total. The minimum absolute atomic E-state index is 0.698. The standard InChI is InChI=1S/C11H13N3S/c15-11-12-9-4-3-8(7-10(9)13-11)14-5-1-2-6-14/h3-4,7H,1-2,5-6H2,(H2,12,13,15). The van der Waals surface area contributed by atoms with Crippen LogP contribution in [-0.2, 0) is 0 Å². The van der Waals surface area contributed by atoms with Gasteiger partial charge < -0.3 is 14.9 Å². The van der Waals surface area contributed by atoms with E-state index in [1.807, 2.05) is 0 Å². The van der Waals surface area contributed by atoms with E-state index in [0.717, 1.165) is 11.0 Å². The van der Waals surface area contributed by atoms with Gasteiger partial charge in [-0.1, -0.05) is 0 Å². The average molecular weight is 219 g/mol. The van der Waals surface area contributed by atoms with Gasteiger partial charge in [0.05, 0.1) is 11.0 Å². The first kappa shape index (κ1) is 8.97. The van der Waals surface area contributed by atoms with Crippen LogP contribution in [0.2, 0.25) is 0 Å². The fourth-order valence-electron chi connectivity index (χ4n) is 2.19. The molecular weight excluding hydrogens is 206 g/mol. The first-order valence-electron chi connectivity index (χ1n) is 5.30. The van der Waals surface area contributed by atoms with E-state index >= 15 is 0 Å². The van der Waals surface area contributed by atoms with Gasteiger partial charge in [0.1, 0.15) is 0 Å². The predicted molar refractivity (Wildman–Crippen MR) is 64.9 cm³/mol. The summed E-state index contributed by atoms with van der Waals surface area (Å²) < 4.78 is 0.698. The van der Waals surface area contributed by atoms with Crippen molar-refractivity contribution in [1.82, 2.24) is 9.97 Å². The Morgan fingerprint density at radius 1 is 1.07 bits per heavy atom. The second-order valence-electron chi connectivity index (χ2n) is 4.00. The molecule has 78 valence electrons. The van der Waals surface area contributed by atoms with Crippen LogP contribution < -0.4 is 4.90 Å². The lowest BCUT2D eigenvalue weighted by atomic mass is 10.2. The van der Waals surface area contributed by atoms with E-state index < -0.39 is 0 Å². The van der Waals surface area contributed by atoms with Gasteiger partial charge in [-0.2, -0.15) is 0 Å². The lowest BCUT2D eigenvalue weighted by Crippen LogP contribution is -2.17. The Morgan fingerprint density at radius 3 is 2.60 bits per heavy atom. The van der Waals surface area contributed by atoms with Crippen molar-refractivity contribution < 1.29 is 0 Å². The predicted octanol–water partition coefficient (Wildman–Crippen LogP) is 2.83. The van der Waals surface area contributed by atoms with Gasteiger partial charge in [-0.3, -0.25) is 0 Å². The SMILES string of the molecule is S=c1[nH]c2ccc(N3CCCC3)cc2[nH]1. The zero-order valence-electron chi connectivity index (χ0n) is 8.42. The fourth-order valence-corrected chi connectivity index (χ4v) is 2.41. The van der Waals surface area contributed by atoms with E-state index in [9.17, 15) is 0 Å². The third kappa shape index (κ3) is 1.55. The molecule has 1 saturated heterocycles. The first-order chi connectivity index (χ1) is 7.33. The highest BCUT2D eigenvalue weighted by Gasteiger charge is 2.12. The molecule has 15 heavy (non-hydrogen) atoms. The average Bonchev–Trinajstić information content (AvgIpc) is 2.82. The maximum Gasteiger partial charge on any atom is 0.175 e. The zero-order valence-corrected chi connectivity index (χ0v) is 9.23. The molecule has 2 heterocycles. The number of fused-ring (bicyclic) bond motifs is 1. The molecule has 0 radical (unpaired) electrons. The molecule has 1 fully saturated rings. The van der Waals surface area contributed by atoms with Gasteiger partial charge in [0.25, 0.3) is 0 Å². The number of rotatable bonds is 1. The van der Waals surface area contributed by atoms with Crippen molar-refractivity contribution in [2.24, 2.45) is 0 Å². The minimum Gasteiger partial charge on any atom is -0.371 e. The number of imidazole rings is 1. The van der Waals surface area contributed by atoms with Crippen molar-refractivity contribution in [1.29, 1.82) is 0 Å². The lowest BCUT2D eigenvalue weighted by molar-refractivity contribution is 0.949. The van der Waals surface area contributed by atoms with Crippen molar-refractivity contribution in [3.05, 3.63) is 23.0 Å². The molecule has 0 aliphatic carbocycles. The van der Waals surface area contributed by atoms with Crippen molar-refractivity contribution in [3.63, 3.8) is 0 Å². The molecule has 0 saturated carbocycles. The Labute approximate surface area is 93.1 Å². The van der Waals surface area contributed by atoms with Gasteiger partial charge in [0.15, 0.2) is 4.77 Å². The second-order valence-corrected chi connectivity index (χ2v) is 4.41. The van der Waals surface area contributed by atoms with Gasteiger partial charge in [0, 0.05) is 18.8 Å². The van der Waals surface area contributed by atoms with Crippen molar-refractivity contribution in [2.75, 3.05) is 18.0 Å². The van der Waals surface area contributed by atoms with Crippen LogP contribution in [0, 0.1) is 4.77 Å². The molecule has 0 amide bonds. The fraction of sp³-hybridized carbons (Fsp3) is 0.364. The van der Waals surface area contributed by atoms with Gasteiger partial charge in [-0.15, -0.1) is 0 Å². The molecule has 1 aliphatic rings.